The Morgan fingerprint density at radius 2 is 1.35 bits per heavy atom. The Morgan fingerprint density at radius 1 is 0.769 bits per heavy atom. The lowest BCUT2D eigenvalue weighted by Gasteiger charge is -2.48. The van der Waals surface area contributed by atoms with E-state index in [1.165, 1.54) is 6.08 Å². The van der Waals surface area contributed by atoms with Crippen LogP contribution in [-0.4, -0.2) is 55.7 Å². The number of aliphatic carboxylic acids is 1. The number of primary amides is 1. The van der Waals surface area contributed by atoms with Gasteiger partial charge in [0.25, 0.3) is 0 Å². The van der Waals surface area contributed by atoms with Gasteiger partial charge in [0.1, 0.15) is 12.4 Å². The largest absolute Gasteiger partial charge is 0.478 e. The standard InChI is InChI=1S/C41H41NO8S2/c1-4-38(45)48-25-9-5-8-24-47-27-49-40(29-14-18-31(51-2)19-15-29)33-10-6-7-11-34(33)41(50-39(42)46,30-16-20-32(52-3)21-17-30)36-26-28(12-22-35(36)40)13-23-37(43)44/h4,6-7,10-23,26H,1,5,8-9,24-25,27H2,2-3H3,(H2,42,46)(H,43,44)/b23-13-. The first-order valence-corrected chi connectivity index (χ1v) is 19.1. The van der Waals surface area contributed by atoms with Crippen LogP contribution in [0.4, 0.5) is 4.79 Å². The van der Waals surface area contributed by atoms with E-state index < -0.39 is 29.2 Å². The quantitative estimate of drug-likeness (QED) is 0.0360. The van der Waals surface area contributed by atoms with Gasteiger partial charge in [0, 0.05) is 56.4 Å². The number of carbonyl (C=O) groups excluding carboxylic acids is 2. The highest BCUT2D eigenvalue weighted by Crippen LogP contribution is 2.56. The number of ether oxygens (including phenoxy) is 4. The summed E-state index contributed by atoms with van der Waals surface area (Å²) in [4.78, 5) is 38.0. The van der Waals surface area contributed by atoms with Gasteiger partial charge in [0.05, 0.1) is 6.61 Å². The van der Waals surface area contributed by atoms with Gasteiger partial charge >= 0.3 is 18.0 Å². The van der Waals surface area contributed by atoms with Crippen LogP contribution < -0.4 is 5.73 Å². The number of hydrogen-bond donors (Lipinski definition) is 2. The van der Waals surface area contributed by atoms with Gasteiger partial charge in [-0.1, -0.05) is 67.2 Å². The van der Waals surface area contributed by atoms with Crippen LogP contribution in [0, 0.1) is 0 Å². The third kappa shape index (κ3) is 8.13. The number of carbonyl (C=O) groups is 3. The van der Waals surface area contributed by atoms with Gasteiger partial charge in [-0.05, 0) is 79.3 Å². The minimum absolute atomic E-state index is 0.0870. The summed E-state index contributed by atoms with van der Waals surface area (Å²) in [5.41, 5.74) is 7.70. The molecule has 0 bridgehead atoms. The van der Waals surface area contributed by atoms with Crippen molar-refractivity contribution < 1.29 is 38.4 Å². The zero-order valence-electron chi connectivity index (χ0n) is 29.0. The van der Waals surface area contributed by atoms with Crippen molar-refractivity contribution in [2.75, 3.05) is 32.5 Å². The van der Waals surface area contributed by atoms with Crippen LogP contribution in [0.5, 0.6) is 0 Å². The number of carboxylic acid groups (broad SMARTS) is 1. The first kappa shape index (κ1) is 38.4. The summed E-state index contributed by atoms with van der Waals surface area (Å²) in [6, 6.07) is 29.0. The average Bonchev–Trinajstić information content (AvgIpc) is 3.17. The number of thioether (sulfide) groups is 2. The number of benzene rings is 4. The molecule has 0 aromatic heterocycles. The predicted octanol–water partition coefficient (Wildman–Crippen LogP) is 8.11. The Bertz CT molecular complexity index is 1930. The first-order valence-electron chi connectivity index (χ1n) is 16.6. The second kappa shape index (κ2) is 17.6. The lowest BCUT2D eigenvalue weighted by Crippen LogP contribution is -2.48. The van der Waals surface area contributed by atoms with Crippen LogP contribution in [0.3, 0.4) is 0 Å². The van der Waals surface area contributed by atoms with E-state index in [0.29, 0.717) is 47.5 Å². The van der Waals surface area contributed by atoms with Gasteiger partial charge in [-0.15, -0.1) is 23.5 Å². The Balaban J connectivity index is 1.68. The number of rotatable bonds is 17. The summed E-state index contributed by atoms with van der Waals surface area (Å²) in [5, 5.41) is 9.47. The number of esters is 1. The van der Waals surface area contributed by atoms with Gasteiger partial charge < -0.3 is 29.8 Å². The first-order chi connectivity index (χ1) is 25.2. The van der Waals surface area contributed by atoms with Crippen molar-refractivity contribution in [2.45, 2.75) is 40.3 Å². The van der Waals surface area contributed by atoms with E-state index in [1.807, 2.05) is 104 Å². The van der Waals surface area contributed by atoms with Crippen molar-refractivity contribution in [1.82, 2.24) is 0 Å². The molecular formula is C41H41NO8S2. The predicted molar refractivity (Wildman–Crippen MR) is 203 cm³/mol. The summed E-state index contributed by atoms with van der Waals surface area (Å²) in [7, 11) is 0. The van der Waals surface area contributed by atoms with E-state index in [2.05, 4.69) is 6.58 Å². The molecule has 0 spiro atoms. The van der Waals surface area contributed by atoms with Crippen LogP contribution in [-0.2, 0) is 39.7 Å². The summed E-state index contributed by atoms with van der Waals surface area (Å²) in [5.74, 6) is -1.54. The van der Waals surface area contributed by atoms with E-state index in [9.17, 15) is 19.5 Å². The highest BCUT2D eigenvalue weighted by molar-refractivity contribution is 7.98. The molecule has 0 fully saturated rings. The van der Waals surface area contributed by atoms with E-state index in [-0.39, 0.29) is 6.79 Å². The smallest absolute Gasteiger partial charge is 0.406 e. The molecule has 5 rings (SSSR count). The van der Waals surface area contributed by atoms with Crippen LogP contribution in [0.1, 0.15) is 58.2 Å². The lowest BCUT2D eigenvalue weighted by atomic mass is 9.63. The molecule has 9 nitrogen and oxygen atoms in total. The molecule has 2 atom stereocenters. The number of hydrogen-bond acceptors (Lipinski definition) is 9. The van der Waals surface area contributed by atoms with Crippen molar-refractivity contribution in [3.63, 3.8) is 0 Å². The molecule has 2 unspecified atom stereocenters. The summed E-state index contributed by atoms with van der Waals surface area (Å²) in [6.07, 6.45) is 8.89. The molecule has 270 valence electrons. The molecule has 0 aliphatic heterocycles. The van der Waals surface area contributed by atoms with Gasteiger partial charge in [-0.2, -0.15) is 0 Å². The fourth-order valence-electron chi connectivity index (χ4n) is 6.55. The molecule has 1 aliphatic rings. The maximum absolute atomic E-state index is 13.0. The maximum atomic E-state index is 13.0. The van der Waals surface area contributed by atoms with E-state index in [4.69, 9.17) is 24.7 Å². The summed E-state index contributed by atoms with van der Waals surface area (Å²) < 4.78 is 24.4. The highest BCUT2D eigenvalue weighted by Gasteiger charge is 2.55. The Labute approximate surface area is 312 Å². The molecule has 1 amide bonds. The van der Waals surface area contributed by atoms with Crippen molar-refractivity contribution in [1.29, 1.82) is 0 Å². The normalized spacial score (nSPS) is 17.6. The highest BCUT2D eigenvalue weighted by atomic mass is 32.2. The minimum atomic E-state index is -1.54. The van der Waals surface area contributed by atoms with Gasteiger partial charge in [-0.25, -0.2) is 14.4 Å². The molecule has 52 heavy (non-hydrogen) atoms. The number of amides is 1. The molecule has 1 aliphatic carbocycles. The topological polar surface area (TPSA) is 134 Å². The Hall–Kier alpha value is -4.81. The maximum Gasteiger partial charge on any atom is 0.406 e. The van der Waals surface area contributed by atoms with Gasteiger partial charge in [0.2, 0.25) is 0 Å². The zero-order valence-corrected chi connectivity index (χ0v) is 30.7. The molecule has 0 radical (unpaired) electrons. The monoisotopic (exact) mass is 739 g/mol. The molecule has 11 heteroatoms. The third-order valence-electron chi connectivity index (χ3n) is 8.86. The Morgan fingerprint density at radius 3 is 1.92 bits per heavy atom. The van der Waals surface area contributed by atoms with E-state index in [1.54, 1.807) is 23.5 Å². The van der Waals surface area contributed by atoms with Crippen LogP contribution >= 0.6 is 23.5 Å². The molecule has 4 aromatic rings. The second-order valence-electron chi connectivity index (χ2n) is 11.9. The molecular weight excluding hydrogens is 699 g/mol. The molecule has 3 N–H and O–H groups in total. The number of unbranched alkanes of at least 4 members (excludes halogenated alkanes) is 2. The number of nitrogens with two attached hydrogens (primary N) is 1. The fraction of sp³-hybridized carbons (Fsp3) is 0.244. The summed E-state index contributed by atoms with van der Waals surface area (Å²) >= 11 is 3.20. The SMILES string of the molecule is C=CC(=O)OCCCCCOCOC1(c2ccc(SC)cc2)c2ccccc2C(OC(N)=O)(c2ccc(SC)cc2)c2cc(/C=C\C(=O)O)ccc21. The summed E-state index contributed by atoms with van der Waals surface area (Å²) in [6.45, 7) is 4.04. The van der Waals surface area contributed by atoms with Crippen molar-refractivity contribution in [2.24, 2.45) is 5.73 Å². The number of fused-ring (bicyclic) bond motifs is 2. The minimum Gasteiger partial charge on any atom is -0.478 e. The van der Waals surface area contributed by atoms with Crippen LogP contribution in [0.25, 0.3) is 6.08 Å². The number of carboxylic acids is 1. The van der Waals surface area contributed by atoms with Crippen LogP contribution in [0.15, 0.2) is 120 Å². The second-order valence-corrected chi connectivity index (χ2v) is 13.6. The van der Waals surface area contributed by atoms with Gasteiger partial charge in [0.15, 0.2) is 5.60 Å². The van der Waals surface area contributed by atoms with E-state index in [0.717, 1.165) is 45.9 Å². The van der Waals surface area contributed by atoms with E-state index >= 15 is 0 Å². The molecule has 0 heterocycles. The van der Waals surface area contributed by atoms with Crippen molar-refractivity contribution in [3.8, 4) is 0 Å². The fourth-order valence-corrected chi connectivity index (χ4v) is 7.37. The van der Waals surface area contributed by atoms with Crippen LogP contribution in [0.2, 0.25) is 0 Å². The lowest BCUT2D eigenvalue weighted by molar-refractivity contribution is -0.138. The third-order valence-corrected chi connectivity index (χ3v) is 10.3. The van der Waals surface area contributed by atoms with Gasteiger partial charge in [-0.3, -0.25) is 0 Å². The van der Waals surface area contributed by atoms with Crippen molar-refractivity contribution >= 4 is 47.6 Å². The zero-order chi connectivity index (χ0) is 37.1. The molecule has 0 saturated carbocycles. The van der Waals surface area contributed by atoms with Crippen molar-refractivity contribution in [3.05, 3.63) is 149 Å². The Kier molecular flexibility index (Phi) is 13.0. The molecule has 0 saturated heterocycles. The average molecular weight is 740 g/mol. The molecule has 4 aromatic carbocycles.